The van der Waals surface area contributed by atoms with Crippen LogP contribution in [0.5, 0.6) is 0 Å². The molecule has 1 fully saturated rings. The Morgan fingerprint density at radius 2 is 1.68 bits per heavy atom. The van der Waals surface area contributed by atoms with Crippen molar-refractivity contribution in [2.24, 2.45) is 0 Å². The van der Waals surface area contributed by atoms with Gasteiger partial charge in [0.2, 0.25) is 0 Å². The van der Waals surface area contributed by atoms with E-state index in [1.807, 2.05) is 6.07 Å². The van der Waals surface area contributed by atoms with Gasteiger partial charge in [0, 0.05) is 30.5 Å². The Morgan fingerprint density at radius 3 is 2.43 bits per heavy atom. The zero-order valence-electron chi connectivity index (χ0n) is 15.7. The molecule has 2 heterocycles. The fourth-order valence-corrected chi connectivity index (χ4v) is 3.72. The molecule has 0 unspecified atom stereocenters. The van der Waals surface area contributed by atoms with Gasteiger partial charge in [0.1, 0.15) is 18.1 Å². The van der Waals surface area contributed by atoms with Crippen LogP contribution < -0.4 is 10.2 Å². The van der Waals surface area contributed by atoms with Gasteiger partial charge in [0.05, 0.1) is 13.1 Å². The molecule has 1 saturated heterocycles. The van der Waals surface area contributed by atoms with Crippen LogP contribution in [0.3, 0.4) is 0 Å². The van der Waals surface area contributed by atoms with Crippen molar-refractivity contribution in [2.75, 3.05) is 13.1 Å². The third-order valence-electron chi connectivity index (χ3n) is 5.27. The fraction of sp³-hybridized carbons (Fsp3) is 0.261. The van der Waals surface area contributed by atoms with Crippen molar-refractivity contribution in [1.29, 1.82) is 0 Å². The number of amides is 1. The molecular weight excluding hydrogens is 355 g/mol. The smallest absolute Gasteiger partial charge is 0.287 e. The molecule has 0 aliphatic carbocycles. The zero-order valence-corrected chi connectivity index (χ0v) is 15.7. The lowest BCUT2D eigenvalue weighted by Gasteiger charge is -2.15. The van der Waals surface area contributed by atoms with Gasteiger partial charge in [0.25, 0.3) is 5.91 Å². The SMILES string of the molecule is O=C(NCc1ccccc1C[NH+]1CCCC1)c1ccc(-c2ccc(F)cc2)o1. The van der Waals surface area contributed by atoms with Crippen molar-refractivity contribution in [3.8, 4) is 11.3 Å². The van der Waals surface area contributed by atoms with E-state index in [0.717, 1.165) is 17.7 Å². The molecule has 0 spiro atoms. The van der Waals surface area contributed by atoms with Gasteiger partial charge in [-0.3, -0.25) is 4.79 Å². The van der Waals surface area contributed by atoms with E-state index in [4.69, 9.17) is 4.42 Å². The zero-order chi connectivity index (χ0) is 19.3. The van der Waals surface area contributed by atoms with Crippen LogP contribution in [0.4, 0.5) is 4.39 Å². The van der Waals surface area contributed by atoms with Crippen LogP contribution in [0, 0.1) is 5.82 Å². The van der Waals surface area contributed by atoms with Crippen molar-refractivity contribution in [2.45, 2.75) is 25.9 Å². The summed E-state index contributed by atoms with van der Waals surface area (Å²) < 4.78 is 18.7. The largest absolute Gasteiger partial charge is 0.451 e. The highest BCUT2D eigenvalue weighted by atomic mass is 19.1. The summed E-state index contributed by atoms with van der Waals surface area (Å²) in [5, 5.41) is 2.95. The Labute approximate surface area is 164 Å². The normalized spacial score (nSPS) is 14.3. The van der Waals surface area contributed by atoms with Crippen LogP contribution in [0.2, 0.25) is 0 Å². The topological polar surface area (TPSA) is 46.7 Å². The van der Waals surface area contributed by atoms with Crippen LogP contribution in [0.25, 0.3) is 11.3 Å². The van der Waals surface area contributed by atoms with Crippen molar-refractivity contribution < 1.29 is 18.5 Å². The molecule has 2 N–H and O–H groups in total. The maximum absolute atomic E-state index is 13.1. The summed E-state index contributed by atoms with van der Waals surface area (Å²) in [6, 6.07) is 17.7. The molecule has 0 bridgehead atoms. The molecule has 0 radical (unpaired) electrons. The van der Waals surface area contributed by atoms with Crippen LogP contribution in [-0.2, 0) is 13.1 Å². The lowest BCUT2D eigenvalue weighted by Crippen LogP contribution is -3.08. The van der Waals surface area contributed by atoms with E-state index in [0.29, 0.717) is 12.3 Å². The second-order valence-electron chi connectivity index (χ2n) is 7.26. The lowest BCUT2D eigenvalue weighted by molar-refractivity contribution is -0.901. The molecule has 4 rings (SSSR count). The number of halogens is 1. The van der Waals surface area contributed by atoms with E-state index in [2.05, 4.69) is 23.5 Å². The number of rotatable bonds is 6. The molecule has 1 aliphatic heterocycles. The van der Waals surface area contributed by atoms with Gasteiger partial charge in [-0.05, 0) is 42.0 Å². The molecule has 0 atom stereocenters. The van der Waals surface area contributed by atoms with Crippen LogP contribution in [-0.4, -0.2) is 19.0 Å². The predicted molar refractivity (Wildman–Crippen MR) is 105 cm³/mol. The van der Waals surface area contributed by atoms with Gasteiger partial charge < -0.3 is 14.6 Å². The minimum absolute atomic E-state index is 0.252. The second-order valence-corrected chi connectivity index (χ2v) is 7.26. The Balaban J connectivity index is 1.40. The first-order chi connectivity index (χ1) is 13.7. The van der Waals surface area contributed by atoms with E-state index in [-0.39, 0.29) is 17.5 Å². The number of nitrogens with one attached hydrogen (secondary N) is 2. The van der Waals surface area contributed by atoms with Gasteiger partial charge in [-0.2, -0.15) is 0 Å². The summed E-state index contributed by atoms with van der Waals surface area (Å²) >= 11 is 0. The summed E-state index contributed by atoms with van der Waals surface area (Å²) in [6.07, 6.45) is 2.59. The van der Waals surface area contributed by atoms with Crippen LogP contribution >= 0.6 is 0 Å². The number of likely N-dealkylation sites (tertiary alicyclic amines) is 1. The van der Waals surface area contributed by atoms with Crippen molar-refractivity contribution in [1.82, 2.24) is 5.32 Å². The van der Waals surface area contributed by atoms with Crippen molar-refractivity contribution in [3.63, 3.8) is 0 Å². The summed E-state index contributed by atoms with van der Waals surface area (Å²) in [6.45, 7) is 3.91. The Morgan fingerprint density at radius 1 is 0.964 bits per heavy atom. The third-order valence-corrected chi connectivity index (χ3v) is 5.27. The predicted octanol–water partition coefficient (Wildman–Crippen LogP) is 3.19. The van der Waals surface area contributed by atoms with E-state index < -0.39 is 0 Å². The monoisotopic (exact) mass is 379 g/mol. The molecule has 144 valence electrons. The Hall–Kier alpha value is -2.92. The van der Waals surface area contributed by atoms with E-state index >= 15 is 0 Å². The molecule has 1 amide bonds. The number of carbonyl (C=O) groups excluding carboxylic acids is 1. The quantitative estimate of drug-likeness (QED) is 0.691. The average molecular weight is 379 g/mol. The fourth-order valence-electron chi connectivity index (χ4n) is 3.72. The Kier molecular flexibility index (Phi) is 5.53. The highest BCUT2D eigenvalue weighted by molar-refractivity contribution is 5.92. The number of benzene rings is 2. The van der Waals surface area contributed by atoms with Gasteiger partial charge in [0.15, 0.2) is 5.76 Å². The van der Waals surface area contributed by atoms with E-state index in [9.17, 15) is 9.18 Å². The number of hydrogen-bond acceptors (Lipinski definition) is 2. The molecule has 28 heavy (non-hydrogen) atoms. The molecule has 5 heteroatoms. The minimum Gasteiger partial charge on any atom is -0.451 e. The van der Waals surface area contributed by atoms with Gasteiger partial charge in [-0.1, -0.05) is 24.3 Å². The van der Waals surface area contributed by atoms with Gasteiger partial charge >= 0.3 is 0 Å². The molecule has 3 aromatic rings. The van der Waals surface area contributed by atoms with Crippen LogP contribution in [0.15, 0.2) is 65.1 Å². The van der Waals surface area contributed by atoms with E-state index in [1.54, 1.807) is 29.2 Å². The summed E-state index contributed by atoms with van der Waals surface area (Å²) in [5.74, 6) is 0.240. The standard InChI is InChI=1S/C23H23FN2O2/c24-20-9-7-17(8-10-20)21-11-12-22(28-21)23(27)25-15-18-5-1-2-6-19(18)16-26-13-3-4-14-26/h1-2,5-12H,3-4,13-16H2,(H,25,27)/p+1. The van der Waals surface area contributed by atoms with Gasteiger partial charge in [-0.15, -0.1) is 0 Å². The van der Waals surface area contributed by atoms with Crippen molar-refractivity contribution >= 4 is 5.91 Å². The first-order valence-corrected chi connectivity index (χ1v) is 9.73. The average Bonchev–Trinajstić information content (AvgIpc) is 3.40. The molecule has 0 saturated carbocycles. The molecule has 4 nitrogen and oxygen atoms in total. The highest BCUT2D eigenvalue weighted by Gasteiger charge is 2.18. The highest BCUT2D eigenvalue weighted by Crippen LogP contribution is 2.22. The summed E-state index contributed by atoms with van der Waals surface area (Å²) in [5.41, 5.74) is 3.16. The lowest BCUT2D eigenvalue weighted by atomic mass is 10.1. The Bertz CT molecular complexity index is 943. The maximum atomic E-state index is 13.1. The number of furan rings is 1. The van der Waals surface area contributed by atoms with Gasteiger partial charge in [-0.25, -0.2) is 4.39 Å². The van der Waals surface area contributed by atoms with E-state index in [1.165, 1.54) is 43.6 Å². The minimum atomic E-state index is -0.303. The number of hydrogen-bond donors (Lipinski definition) is 2. The van der Waals surface area contributed by atoms with Crippen LogP contribution in [0.1, 0.15) is 34.5 Å². The molecular formula is C23H24FN2O2+. The second kappa shape index (κ2) is 8.40. The summed E-state index contributed by atoms with van der Waals surface area (Å²) in [7, 11) is 0. The molecule has 1 aromatic heterocycles. The van der Waals surface area contributed by atoms with Crippen molar-refractivity contribution in [3.05, 3.63) is 83.4 Å². The molecule has 1 aliphatic rings. The first-order valence-electron chi connectivity index (χ1n) is 9.73. The third kappa shape index (κ3) is 4.31. The summed E-state index contributed by atoms with van der Waals surface area (Å²) in [4.78, 5) is 14.1. The number of quaternary nitrogens is 1. The maximum Gasteiger partial charge on any atom is 0.287 e. The first kappa shape index (κ1) is 18.4. The number of carbonyl (C=O) groups is 1. The molecule has 2 aromatic carbocycles.